The maximum absolute atomic E-state index is 14.3. The van der Waals surface area contributed by atoms with Crippen molar-refractivity contribution in [2.45, 2.75) is 18.8 Å². The van der Waals surface area contributed by atoms with Crippen LogP contribution in [-0.4, -0.2) is 20.2 Å². The smallest absolute Gasteiger partial charge is 0.148 e. The molecule has 3 nitrogen and oxygen atoms in total. The molecule has 2 aromatic carbocycles. The standard InChI is InChI=1S/C18H18ClF3N2O/c1-25-18-6-11(13(20)8-16(18)23)10-2-4-24(5-3-10)17-9-14(21)12(19)7-15(17)22/h6-10H,2-5,23H2,1H3. The number of hydrogen-bond donors (Lipinski definition) is 1. The summed E-state index contributed by atoms with van der Waals surface area (Å²) in [5.74, 6) is -1.20. The molecule has 2 aromatic rings. The van der Waals surface area contributed by atoms with E-state index in [0.717, 1.165) is 12.1 Å². The van der Waals surface area contributed by atoms with Crippen LogP contribution >= 0.6 is 11.6 Å². The molecule has 0 amide bonds. The van der Waals surface area contributed by atoms with Crippen LogP contribution in [0.15, 0.2) is 24.3 Å². The van der Waals surface area contributed by atoms with Gasteiger partial charge in [0.25, 0.3) is 0 Å². The summed E-state index contributed by atoms with van der Waals surface area (Å²) in [6, 6.07) is 4.95. The van der Waals surface area contributed by atoms with Crippen molar-refractivity contribution in [3.63, 3.8) is 0 Å². The Labute approximate surface area is 149 Å². The zero-order valence-electron chi connectivity index (χ0n) is 13.7. The molecular weight excluding hydrogens is 353 g/mol. The maximum Gasteiger partial charge on any atom is 0.148 e. The average molecular weight is 371 g/mol. The van der Waals surface area contributed by atoms with Gasteiger partial charge in [-0.3, -0.25) is 0 Å². The first-order valence-electron chi connectivity index (χ1n) is 7.93. The first kappa shape index (κ1) is 17.7. The van der Waals surface area contributed by atoms with Crippen molar-refractivity contribution in [3.8, 4) is 5.75 Å². The Morgan fingerprint density at radius 1 is 1.04 bits per heavy atom. The molecule has 25 heavy (non-hydrogen) atoms. The van der Waals surface area contributed by atoms with Gasteiger partial charge in [-0.05, 0) is 36.5 Å². The maximum atomic E-state index is 14.3. The van der Waals surface area contributed by atoms with Crippen LogP contribution in [0.2, 0.25) is 5.02 Å². The quantitative estimate of drug-likeness (QED) is 0.627. The number of hydrogen-bond acceptors (Lipinski definition) is 3. The molecule has 0 unspecified atom stereocenters. The van der Waals surface area contributed by atoms with Crippen LogP contribution in [0.1, 0.15) is 24.3 Å². The molecule has 0 bridgehead atoms. The molecule has 0 atom stereocenters. The molecule has 1 aliphatic heterocycles. The number of methoxy groups -OCH3 is 1. The Morgan fingerprint density at radius 3 is 2.36 bits per heavy atom. The van der Waals surface area contributed by atoms with E-state index in [2.05, 4.69) is 0 Å². The summed E-state index contributed by atoms with van der Waals surface area (Å²) in [7, 11) is 1.48. The topological polar surface area (TPSA) is 38.5 Å². The highest BCUT2D eigenvalue weighted by Crippen LogP contribution is 2.37. The van der Waals surface area contributed by atoms with Crippen molar-refractivity contribution in [2.24, 2.45) is 0 Å². The van der Waals surface area contributed by atoms with E-state index in [9.17, 15) is 13.2 Å². The molecule has 1 aliphatic rings. The number of ether oxygens (including phenoxy) is 1. The summed E-state index contributed by atoms with van der Waals surface area (Å²) < 4.78 is 47.1. The van der Waals surface area contributed by atoms with E-state index >= 15 is 0 Å². The van der Waals surface area contributed by atoms with Gasteiger partial charge >= 0.3 is 0 Å². The van der Waals surface area contributed by atoms with Crippen molar-refractivity contribution < 1.29 is 17.9 Å². The van der Waals surface area contributed by atoms with Gasteiger partial charge in [-0.15, -0.1) is 0 Å². The van der Waals surface area contributed by atoms with Gasteiger partial charge in [0.2, 0.25) is 0 Å². The Balaban J connectivity index is 1.78. The molecule has 1 fully saturated rings. The SMILES string of the molecule is COc1cc(C2CCN(c3cc(F)c(Cl)cc3F)CC2)c(F)cc1N. The van der Waals surface area contributed by atoms with E-state index in [1.165, 1.54) is 13.2 Å². The van der Waals surface area contributed by atoms with Crippen LogP contribution in [-0.2, 0) is 0 Å². The molecule has 7 heteroatoms. The van der Waals surface area contributed by atoms with Crippen LogP contribution in [0.5, 0.6) is 5.75 Å². The van der Waals surface area contributed by atoms with Crippen molar-refractivity contribution in [2.75, 3.05) is 30.8 Å². The van der Waals surface area contributed by atoms with E-state index in [0.29, 0.717) is 37.2 Å². The lowest BCUT2D eigenvalue weighted by Crippen LogP contribution is -2.33. The van der Waals surface area contributed by atoms with Gasteiger partial charge < -0.3 is 15.4 Å². The summed E-state index contributed by atoms with van der Waals surface area (Å²) in [6.07, 6.45) is 1.21. The van der Waals surface area contributed by atoms with Gasteiger partial charge in [-0.25, -0.2) is 13.2 Å². The number of nitrogens with zero attached hydrogens (tertiary/aromatic N) is 1. The summed E-state index contributed by atoms with van der Waals surface area (Å²) in [5.41, 5.74) is 6.67. The highest BCUT2D eigenvalue weighted by atomic mass is 35.5. The second-order valence-corrected chi connectivity index (χ2v) is 6.50. The third-order valence-electron chi connectivity index (χ3n) is 4.61. The summed E-state index contributed by atoms with van der Waals surface area (Å²) in [5, 5.41) is -0.243. The third kappa shape index (κ3) is 3.49. The zero-order valence-corrected chi connectivity index (χ0v) is 14.4. The molecule has 0 aromatic heterocycles. The van der Waals surface area contributed by atoms with Gasteiger partial charge in [-0.2, -0.15) is 0 Å². The molecule has 0 aliphatic carbocycles. The van der Waals surface area contributed by atoms with Crippen LogP contribution in [0.4, 0.5) is 24.5 Å². The third-order valence-corrected chi connectivity index (χ3v) is 4.90. The number of nitrogens with two attached hydrogens (primary N) is 1. The molecule has 1 heterocycles. The predicted molar refractivity (Wildman–Crippen MR) is 92.9 cm³/mol. The number of benzene rings is 2. The van der Waals surface area contributed by atoms with Crippen LogP contribution < -0.4 is 15.4 Å². The number of halogens is 4. The molecule has 134 valence electrons. The first-order chi connectivity index (χ1) is 11.9. The zero-order chi connectivity index (χ0) is 18.1. The second kappa shape index (κ2) is 7.04. The molecule has 0 radical (unpaired) electrons. The lowest BCUT2D eigenvalue weighted by Gasteiger charge is -2.34. The minimum absolute atomic E-state index is 0.0361. The van der Waals surface area contributed by atoms with E-state index in [4.69, 9.17) is 22.1 Å². The van der Waals surface area contributed by atoms with Crippen LogP contribution in [0.3, 0.4) is 0 Å². The highest BCUT2D eigenvalue weighted by molar-refractivity contribution is 6.30. The van der Waals surface area contributed by atoms with Gasteiger partial charge in [0.15, 0.2) is 0 Å². The molecule has 2 N–H and O–H groups in total. The van der Waals surface area contributed by atoms with E-state index in [1.807, 2.05) is 0 Å². The fraction of sp³-hybridized carbons (Fsp3) is 0.333. The number of rotatable bonds is 3. The summed E-state index contributed by atoms with van der Waals surface area (Å²) in [6.45, 7) is 0.962. The molecule has 3 rings (SSSR count). The minimum atomic E-state index is -0.658. The van der Waals surface area contributed by atoms with Crippen molar-refractivity contribution in [1.29, 1.82) is 0 Å². The Morgan fingerprint density at radius 2 is 1.72 bits per heavy atom. The fourth-order valence-corrected chi connectivity index (χ4v) is 3.41. The fourth-order valence-electron chi connectivity index (χ4n) is 3.26. The monoisotopic (exact) mass is 370 g/mol. The van der Waals surface area contributed by atoms with E-state index < -0.39 is 11.6 Å². The van der Waals surface area contributed by atoms with Crippen LogP contribution in [0.25, 0.3) is 0 Å². The van der Waals surface area contributed by atoms with E-state index in [-0.39, 0.29) is 28.1 Å². The Kier molecular flexibility index (Phi) is 4.99. The number of anilines is 2. The van der Waals surface area contributed by atoms with Gasteiger partial charge in [0, 0.05) is 25.2 Å². The average Bonchev–Trinajstić information content (AvgIpc) is 2.59. The van der Waals surface area contributed by atoms with Gasteiger partial charge in [-0.1, -0.05) is 11.6 Å². The largest absolute Gasteiger partial charge is 0.495 e. The van der Waals surface area contributed by atoms with Gasteiger partial charge in [0.1, 0.15) is 23.2 Å². The number of piperidine rings is 1. The minimum Gasteiger partial charge on any atom is -0.495 e. The lowest BCUT2D eigenvalue weighted by atomic mass is 9.88. The normalized spacial score (nSPS) is 15.5. The predicted octanol–water partition coefficient (Wildman–Crippen LogP) is 4.73. The van der Waals surface area contributed by atoms with E-state index in [1.54, 1.807) is 11.0 Å². The molecule has 1 saturated heterocycles. The van der Waals surface area contributed by atoms with Crippen molar-refractivity contribution in [3.05, 3.63) is 52.3 Å². The molecular formula is C18H18ClF3N2O. The lowest BCUT2D eigenvalue weighted by molar-refractivity contribution is 0.411. The van der Waals surface area contributed by atoms with Gasteiger partial charge in [0.05, 0.1) is 23.5 Å². The highest BCUT2D eigenvalue weighted by Gasteiger charge is 2.26. The molecule has 0 spiro atoms. The second-order valence-electron chi connectivity index (χ2n) is 6.09. The Bertz CT molecular complexity index is 792. The van der Waals surface area contributed by atoms with Crippen LogP contribution in [0, 0.1) is 17.5 Å². The summed E-state index contributed by atoms with van der Waals surface area (Å²) >= 11 is 5.59. The first-order valence-corrected chi connectivity index (χ1v) is 8.31. The molecule has 0 saturated carbocycles. The summed E-state index contributed by atoms with van der Waals surface area (Å²) in [4.78, 5) is 1.75. The van der Waals surface area contributed by atoms with Crippen molar-refractivity contribution >= 4 is 23.0 Å². The Hall–Kier alpha value is -2.08. The van der Waals surface area contributed by atoms with Crippen molar-refractivity contribution in [1.82, 2.24) is 0 Å². The number of nitrogen functional groups attached to an aromatic ring is 1.